The molecule has 0 unspecified atom stereocenters. The van der Waals surface area contributed by atoms with Crippen LogP contribution in [0.1, 0.15) is 38.5 Å². The molecule has 0 aromatic carbocycles. The summed E-state index contributed by atoms with van der Waals surface area (Å²) in [4.78, 5) is 10.0. The van der Waals surface area contributed by atoms with Gasteiger partial charge in [0.1, 0.15) is 4.21 Å². The predicted octanol–water partition coefficient (Wildman–Crippen LogP) is 2.24. The van der Waals surface area contributed by atoms with E-state index < -0.39 is 14.9 Å². The van der Waals surface area contributed by atoms with Crippen LogP contribution in [0.25, 0.3) is 0 Å². The third kappa shape index (κ3) is 3.47. The van der Waals surface area contributed by atoms with E-state index in [4.69, 9.17) is 5.73 Å². The lowest BCUT2D eigenvalue weighted by atomic mass is 10.1. The molecular formula is C11H17N3O4S2. The summed E-state index contributed by atoms with van der Waals surface area (Å²) < 4.78 is 27.0. The van der Waals surface area contributed by atoms with Gasteiger partial charge in [-0.05, 0) is 12.8 Å². The summed E-state index contributed by atoms with van der Waals surface area (Å²) in [6.45, 7) is 0. The summed E-state index contributed by atoms with van der Waals surface area (Å²) in [7, 11) is -3.73. The van der Waals surface area contributed by atoms with E-state index in [1.54, 1.807) is 0 Å². The van der Waals surface area contributed by atoms with E-state index in [2.05, 4.69) is 4.72 Å². The molecule has 1 aliphatic rings. The van der Waals surface area contributed by atoms with Crippen molar-refractivity contribution in [3.63, 3.8) is 0 Å². The standard InChI is InChI=1S/C11H17N3O4S2/c12-11-9(14(15)16)7-10(19-11)20(17,18)13-8-5-3-1-2-4-6-8/h7-8,13H,1-6,12H2. The van der Waals surface area contributed by atoms with Crippen LogP contribution in [0.15, 0.2) is 10.3 Å². The van der Waals surface area contributed by atoms with Crippen LogP contribution in [-0.4, -0.2) is 19.4 Å². The maximum atomic E-state index is 12.2. The van der Waals surface area contributed by atoms with Crippen molar-refractivity contribution >= 4 is 32.0 Å². The molecule has 0 atom stereocenters. The molecule has 3 N–H and O–H groups in total. The van der Waals surface area contributed by atoms with Crippen molar-refractivity contribution in [1.29, 1.82) is 0 Å². The van der Waals surface area contributed by atoms with Gasteiger partial charge in [0.15, 0.2) is 5.00 Å². The Hall–Kier alpha value is -1.19. The number of nitrogens with two attached hydrogens (primary N) is 1. The maximum absolute atomic E-state index is 12.2. The minimum Gasteiger partial charge on any atom is -0.385 e. The zero-order chi connectivity index (χ0) is 14.8. The number of anilines is 1. The number of nitro groups is 1. The second kappa shape index (κ2) is 6.06. The van der Waals surface area contributed by atoms with Crippen molar-refractivity contribution in [2.75, 3.05) is 5.73 Å². The fraction of sp³-hybridized carbons (Fsp3) is 0.636. The number of rotatable bonds is 4. The van der Waals surface area contributed by atoms with Gasteiger partial charge >= 0.3 is 5.69 Å². The van der Waals surface area contributed by atoms with Crippen LogP contribution in [0.3, 0.4) is 0 Å². The second-order valence-electron chi connectivity index (χ2n) is 4.88. The molecule has 0 aliphatic heterocycles. The van der Waals surface area contributed by atoms with E-state index in [1.807, 2.05) is 0 Å². The van der Waals surface area contributed by atoms with E-state index in [-0.39, 0.29) is 20.9 Å². The molecule has 1 aromatic heterocycles. The molecule has 0 amide bonds. The Morgan fingerprint density at radius 1 is 1.30 bits per heavy atom. The minimum absolute atomic E-state index is 0.0868. The van der Waals surface area contributed by atoms with Crippen molar-refractivity contribution in [2.24, 2.45) is 0 Å². The van der Waals surface area contributed by atoms with E-state index in [0.717, 1.165) is 55.9 Å². The quantitative estimate of drug-likeness (QED) is 0.501. The molecule has 20 heavy (non-hydrogen) atoms. The van der Waals surface area contributed by atoms with Gasteiger partial charge in [0, 0.05) is 12.1 Å². The van der Waals surface area contributed by atoms with Gasteiger partial charge in [-0.1, -0.05) is 37.0 Å². The first-order valence-corrected chi connectivity index (χ1v) is 8.76. The van der Waals surface area contributed by atoms with Gasteiger partial charge in [-0.2, -0.15) is 0 Å². The molecule has 7 nitrogen and oxygen atoms in total. The van der Waals surface area contributed by atoms with Gasteiger partial charge in [-0.3, -0.25) is 10.1 Å². The highest BCUT2D eigenvalue weighted by Crippen LogP contribution is 2.34. The van der Waals surface area contributed by atoms with Crippen LogP contribution in [0, 0.1) is 10.1 Å². The number of nitrogens with one attached hydrogen (secondary N) is 1. The van der Waals surface area contributed by atoms with E-state index in [1.165, 1.54) is 0 Å². The predicted molar refractivity (Wildman–Crippen MR) is 77.2 cm³/mol. The number of hydrogen-bond acceptors (Lipinski definition) is 6. The van der Waals surface area contributed by atoms with Crippen LogP contribution in [0.2, 0.25) is 0 Å². The zero-order valence-corrected chi connectivity index (χ0v) is 12.5. The van der Waals surface area contributed by atoms with E-state index in [0.29, 0.717) is 0 Å². The number of thiophene rings is 1. The molecule has 112 valence electrons. The fourth-order valence-electron chi connectivity index (χ4n) is 2.32. The summed E-state index contributed by atoms with van der Waals surface area (Å²) in [5.74, 6) is 0. The highest BCUT2D eigenvalue weighted by Gasteiger charge is 2.27. The minimum atomic E-state index is -3.73. The van der Waals surface area contributed by atoms with Crippen LogP contribution in [0.4, 0.5) is 10.7 Å². The summed E-state index contributed by atoms with van der Waals surface area (Å²) >= 11 is 0.729. The molecule has 0 saturated heterocycles. The molecule has 1 aromatic rings. The lowest BCUT2D eigenvalue weighted by molar-refractivity contribution is -0.383. The van der Waals surface area contributed by atoms with Crippen LogP contribution in [0.5, 0.6) is 0 Å². The average molecular weight is 319 g/mol. The van der Waals surface area contributed by atoms with Crippen molar-refractivity contribution in [2.45, 2.75) is 48.8 Å². The lowest BCUT2D eigenvalue weighted by Crippen LogP contribution is -2.33. The first-order chi connectivity index (χ1) is 9.40. The molecular weight excluding hydrogens is 302 g/mol. The van der Waals surface area contributed by atoms with Gasteiger partial charge in [0.2, 0.25) is 0 Å². The summed E-state index contributed by atoms with van der Waals surface area (Å²) in [5, 5.41) is 10.6. The van der Waals surface area contributed by atoms with Gasteiger partial charge in [0.25, 0.3) is 10.0 Å². The molecule has 9 heteroatoms. The third-order valence-electron chi connectivity index (χ3n) is 3.36. The molecule has 0 bridgehead atoms. The zero-order valence-electron chi connectivity index (χ0n) is 10.9. The summed E-state index contributed by atoms with van der Waals surface area (Å²) in [5.41, 5.74) is 5.13. The Balaban J connectivity index is 2.17. The molecule has 1 saturated carbocycles. The maximum Gasteiger partial charge on any atom is 0.304 e. The van der Waals surface area contributed by atoms with Crippen molar-refractivity contribution in [3.8, 4) is 0 Å². The van der Waals surface area contributed by atoms with E-state index in [9.17, 15) is 18.5 Å². The lowest BCUT2D eigenvalue weighted by Gasteiger charge is -2.15. The molecule has 0 radical (unpaired) electrons. The van der Waals surface area contributed by atoms with Gasteiger partial charge in [0.05, 0.1) is 4.92 Å². The highest BCUT2D eigenvalue weighted by molar-refractivity contribution is 7.91. The Kier molecular flexibility index (Phi) is 4.61. The Labute approximate surface area is 121 Å². The van der Waals surface area contributed by atoms with Gasteiger partial charge in [-0.15, -0.1) is 0 Å². The van der Waals surface area contributed by atoms with Crippen molar-refractivity contribution < 1.29 is 13.3 Å². The topological polar surface area (TPSA) is 115 Å². The Bertz CT molecular complexity index is 589. The monoisotopic (exact) mass is 319 g/mol. The summed E-state index contributed by atoms with van der Waals surface area (Å²) in [6, 6.07) is 0.934. The number of nitrogen functional groups attached to an aromatic ring is 1. The van der Waals surface area contributed by atoms with E-state index >= 15 is 0 Å². The largest absolute Gasteiger partial charge is 0.385 e. The molecule has 2 rings (SSSR count). The molecule has 0 spiro atoms. The number of nitrogens with zero attached hydrogens (tertiary/aromatic N) is 1. The van der Waals surface area contributed by atoms with Crippen molar-refractivity contribution in [3.05, 3.63) is 16.2 Å². The van der Waals surface area contributed by atoms with Crippen LogP contribution >= 0.6 is 11.3 Å². The van der Waals surface area contributed by atoms with Crippen molar-refractivity contribution in [1.82, 2.24) is 4.72 Å². The first kappa shape index (κ1) is 15.2. The molecule has 1 fully saturated rings. The SMILES string of the molecule is Nc1sc(S(=O)(=O)NC2CCCCCC2)cc1[N+](=O)[O-]. The molecule has 1 heterocycles. The Morgan fingerprint density at radius 2 is 1.90 bits per heavy atom. The van der Waals surface area contributed by atoms with Gasteiger partial charge < -0.3 is 5.73 Å². The normalized spacial score (nSPS) is 17.8. The Morgan fingerprint density at radius 3 is 2.40 bits per heavy atom. The average Bonchev–Trinajstić information content (AvgIpc) is 2.59. The van der Waals surface area contributed by atoms with Gasteiger partial charge in [-0.25, -0.2) is 13.1 Å². The number of sulfonamides is 1. The van der Waals surface area contributed by atoms with Crippen LogP contribution < -0.4 is 10.5 Å². The summed E-state index contributed by atoms with van der Waals surface area (Å²) in [6.07, 6.45) is 5.86. The first-order valence-electron chi connectivity index (χ1n) is 6.46. The molecule has 1 aliphatic carbocycles. The fourth-order valence-corrected chi connectivity index (χ4v) is 4.86. The van der Waals surface area contributed by atoms with Crippen LogP contribution in [-0.2, 0) is 10.0 Å². The number of hydrogen-bond donors (Lipinski definition) is 2. The smallest absolute Gasteiger partial charge is 0.304 e. The third-order valence-corrected chi connectivity index (χ3v) is 6.30. The second-order valence-corrected chi connectivity index (χ2v) is 7.91. The highest BCUT2D eigenvalue weighted by atomic mass is 32.2.